The molecule has 1 aliphatic carbocycles. The third kappa shape index (κ3) is 4.78. The van der Waals surface area contributed by atoms with Gasteiger partial charge in [-0.25, -0.2) is 8.78 Å². The molecule has 0 unspecified atom stereocenters. The zero-order valence-electron chi connectivity index (χ0n) is 17.2. The van der Waals surface area contributed by atoms with Gasteiger partial charge in [0.1, 0.15) is 28.7 Å². The van der Waals surface area contributed by atoms with Crippen LogP contribution in [0.5, 0.6) is 11.5 Å². The minimum atomic E-state index is -0.715. The summed E-state index contributed by atoms with van der Waals surface area (Å²) in [5, 5.41) is 20.3. The third-order valence-corrected chi connectivity index (χ3v) is 5.61. The number of benzene rings is 2. The number of rotatable bonds is 6. The van der Waals surface area contributed by atoms with Crippen molar-refractivity contribution in [3.63, 3.8) is 0 Å². The fraction of sp³-hybridized carbons (Fsp3) is 0.320. The second-order valence-corrected chi connectivity index (χ2v) is 8.04. The van der Waals surface area contributed by atoms with Crippen LogP contribution < -0.4 is 0 Å². The summed E-state index contributed by atoms with van der Waals surface area (Å²) in [6, 6.07) is 7.36. The van der Waals surface area contributed by atoms with Crippen LogP contribution in [0, 0.1) is 17.6 Å². The summed E-state index contributed by atoms with van der Waals surface area (Å²) in [4.78, 5) is 13.3. The van der Waals surface area contributed by atoms with Crippen molar-refractivity contribution in [3.05, 3.63) is 82.5 Å². The van der Waals surface area contributed by atoms with Gasteiger partial charge in [0, 0.05) is 11.8 Å². The Bertz CT molecular complexity index is 983. The molecule has 0 saturated carbocycles. The molecule has 0 amide bonds. The van der Waals surface area contributed by atoms with Crippen molar-refractivity contribution >= 4 is 5.78 Å². The summed E-state index contributed by atoms with van der Waals surface area (Å²) in [7, 11) is 0. The maximum atomic E-state index is 14.6. The molecule has 0 aliphatic heterocycles. The monoisotopic (exact) mass is 412 g/mol. The van der Waals surface area contributed by atoms with E-state index in [9.17, 15) is 23.8 Å². The first kappa shape index (κ1) is 21.8. The Balaban J connectivity index is 1.99. The molecule has 158 valence electrons. The molecule has 0 aromatic heterocycles. The van der Waals surface area contributed by atoms with E-state index in [0.717, 1.165) is 36.6 Å². The Hall–Kier alpha value is -2.95. The van der Waals surface area contributed by atoms with E-state index in [1.807, 2.05) is 19.9 Å². The lowest BCUT2D eigenvalue weighted by molar-refractivity contribution is 0.0888. The zero-order chi connectivity index (χ0) is 21.8. The summed E-state index contributed by atoms with van der Waals surface area (Å²) in [5.74, 6) is -3.55. The number of carbonyl (C=O) groups is 1. The van der Waals surface area contributed by atoms with Crippen LogP contribution in [0.15, 0.2) is 59.7 Å². The minimum Gasteiger partial charge on any atom is -0.507 e. The van der Waals surface area contributed by atoms with E-state index in [-0.39, 0.29) is 22.6 Å². The molecule has 0 saturated heterocycles. The van der Waals surface area contributed by atoms with Crippen molar-refractivity contribution in [2.24, 2.45) is 5.92 Å². The van der Waals surface area contributed by atoms with Gasteiger partial charge in [0.05, 0.1) is 0 Å². The molecule has 2 atom stereocenters. The van der Waals surface area contributed by atoms with E-state index >= 15 is 0 Å². The first-order valence-corrected chi connectivity index (χ1v) is 10.1. The van der Waals surface area contributed by atoms with Crippen molar-refractivity contribution < 1.29 is 23.8 Å². The Kier molecular flexibility index (Phi) is 6.70. The molecule has 3 rings (SSSR count). The molecular weight excluding hydrogens is 386 g/mol. The highest BCUT2D eigenvalue weighted by atomic mass is 19.1. The number of hydrogen-bond donors (Lipinski definition) is 2. The van der Waals surface area contributed by atoms with Crippen molar-refractivity contribution in [3.8, 4) is 11.5 Å². The van der Waals surface area contributed by atoms with Crippen molar-refractivity contribution in [2.75, 3.05) is 0 Å². The Morgan fingerprint density at radius 3 is 2.50 bits per heavy atom. The van der Waals surface area contributed by atoms with Gasteiger partial charge in [-0.15, -0.1) is 0 Å². The average molecular weight is 412 g/mol. The van der Waals surface area contributed by atoms with Crippen LogP contribution in [0.25, 0.3) is 0 Å². The molecule has 2 aromatic carbocycles. The summed E-state index contributed by atoms with van der Waals surface area (Å²) in [6.07, 6.45) is 6.47. The summed E-state index contributed by atoms with van der Waals surface area (Å²) in [5.41, 5.74) is 2.27. The summed E-state index contributed by atoms with van der Waals surface area (Å²) < 4.78 is 28.5. The molecule has 5 heteroatoms. The molecule has 30 heavy (non-hydrogen) atoms. The molecule has 0 bridgehead atoms. The predicted molar refractivity (Wildman–Crippen MR) is 113 cm³/mol. The van der Waals surface area contributed by atoms with Crippen LogP contribution in [0.1, 0.15) is 61.4 Å². The number of Topliss-reactive ketones (excluding diaryl/α,β-unsaturated/α-hetero) is 1. The maximum Gasteiger partial charge on any atom is 0.174 e. The average Bonchev–Trinajstić information content (AvgIpc) is 2.69. The predicted octanol–water partition coefficient (Wildman–Crippen LogP) is 6.43. The SMILES string of the molecule is CC(C)=CCCC1=CC[C@H](C(=O)c2c(O)cccc2O)[C@@H](c2cc(F)ccc2F)C1. The molecule has 0 spiro atoms. The van der Waals surface area contributed by atoms with E-state index in [2.05, 4.69) is 6.08 Å². The van der Waals surface area contributed by atoms with Gasteiger partial charge in [0.2, 0.25) is 0 Å². The number of allylic oxidation sites excluding steroid dienone is 4. The third-order valence-electron chi connectivity index (χ3n) is 5.61. The van der Waals surface area contributed by atoms with Crippen molar-refractivity contribution in [1.29, 1.82) is 0 Å². The second kappa shape index (κ2) is 9.24. The number of carbonyl (C=O) groups excluding carboxylic acids is 1. The number of phenols is 2. The molecule has 0 radical (unpaired) electrons. The van der Waals surface area contributed by atoms with E-state index in [4.69, 9.17) is 0 Å². The second-order valence-electron chi connectivity index (χ2n) is 8.04. The molecular formula is C25H26F2O3. The van der Waals surface area contributed by atoms with Crippen LogP contribution in [0.4, 0.5) is 8.78 Å². The van der Waals surface area contributed by atoms with Gasteiger partial charge in [-0.1, -0.05) is 29.4 Å². The van der Waals surface area contributed by atoms with E-state index in [1.165, 1.54) is 23.8 Å². The number of phenolic OH excluding ortho intramolecular Hbond substituents is 2. The lowest BCUT2D eigenvalue weighted by Gasteiger charge is -2.31. The molecule has 2 aromatic rings. The smallest absolute Gasteiger partial charge is 0.174 e. The van der Waals surface area contributed by atoms with Crippen molar-refractivity contribution in [2.45, 2.75) is 45.4 Å². The van der Waals surface area contributed by atoms with Gasteiger partial charge in [-0.2, -0.15) is 0 Å². The van der Waals surface area contributed by atoms with Gasteiger partial charge < -0.3 is 10.2 Å². The Morgan fingerprint density at radius 1 is 1.13 bits per heavy atom. The number of ketones is 1. The van der Waals surface area contributed by atoms with Crippen LogP contribution in [-0.2, 0) is 0 Å². The molecule has 0 heterocycles. The number of halogens is 2. The van der Waals surface area contributed by atoms with Crippen LogP contribution in [0.2, 0.25) is 0 Å². The number of hydrogen-bond acceptors (Lipinski definition) is 3. The Morgan fingerprint density at radius 2 is 1.83 bits per heavy atom. The molecule has 0 fully saturated rings. The highest BCUT2D eigenvalue weighted by Gasteiger charge is 2.36. The minimum absolute atomic E-state index is 0.149. The first-order chi connectivity index (χ1) is 14.3. The van der Waals surface area contributed by atoms with E-state index < -0.39 is 29.3 Å². The highest BCUT2D eigenvalue weighted by molar-refractivity contribution is 6.03. The maximum absolute atomic E-state index is 14.6. The quantitative estimate of drug-likeness (QED) is 0.425. The summed E-state index contributed by atoms with van der Waals surface area (Å²) in [6.45, 7) is 4.04. The number of aromatic hydroxyl groups is 2. The van der Waals surface area contributed by atoms with Gasteiger partial charge in [0.25, 0.3) is 0 Å². The topological polar surface area (TPSA) is 57.5 Å². The first-order valence-electron chi connectivity index (χ1n) is 10.1. The van der Waals surface area contributed by atoms with E-state index in [1.54, 1.807) is 0 Å². The van der Waals surface area contributed by atoms with Crippen molar-refractivity contribution in [1.82, 2.24) is 0 Å². The summed E-state index contributed by atoms with van der Waals surface area (Å²) >= 11 is 0. The zero-order valence-corrected chi connectivity index (χ0v) is 17.2. The lowest BCUT2D eigenvalue weighted by atomic mass is 9.71. The standard InChI is InChI=1S/C25H26F2O3/c1-15(2)5-3-6-16-9-11-18(25(30)24-22(28)7-4-8-23(24)29)19(13-16)20-14-17(26)10-12-21(20)27/h4-5,7-10,12,14,18-19,28-29H,3,6,11,13H2,1-2H3/t18-,19-/m0/s1. The van der Waals surface area contributed by atoms with Crippen LogP contribution in [0.3, 0.4) is 0 Å². The van der Waals surface area contributed by atoms with Crippen LogP contribution >= 0.6 is 0 Å². The molecule has 1 aliphatic rings. The van der Waals surface area contributed by atoms with E-state index in [0.29, 0.717) is 12.8 Å². The molecule has 3 nitrogen and oxygen atoms in total. The van der Waals surface area contributed by atoms with Crippen LogP contribution in [-0.4, -0.2) is 16.0 Å². The fourth-order valence-corrected chi connectivity index (χ4v) is 4.10. The highest BCUT2D eigenvalue weighted by Crippen LogP contribution is 2.43. The Labute approximate surface area is 175 Å². The molecule has 2 N–H and O–H groups in total. The van der Waals surface area contributed by atoms with Gasteiger partial charge in [-0.05, 0) is 75.4 Å². The van der Waals surface area contributed by atoms with Gasteiger partial charge in [-0.3, -0.25) is 4.79 Å². The van der Waals surface area contributed by atoms with Gasteiger partial charge in [0.15, 0.2) is 5.78 Å². The fourth-order valence-electron chi connectivity index (χ4n) is 4.10. The lowest BCUT2D eigenvalue weighted by Crippen LogP contribution is -2.26. The normalized spacial score (nSPS) is 18.6. The van der Waals surface area contributed by atoms with Gasteiger partial charge >= 0.3 is 0 Å². The largest absolute Gasteiger partial charge is 0.507 e.